The summed E-state index contributed by atoms with van der Waals surface area (Å²) in [6, 6.07) is 10.3. The van der Waals surface area contributed by atoms with Crippen LogP contribution in [0.2, 0.25) is 0 Å². The van der Waals surface area contributed by atoms with Gasteiger partial charge in [-0.15, -0.1) is 11.3 Å². The molecular weight excluding hydrogens is 374 g/mol. The molecule has 2 aliphatic heterocycles. The molecule has 4 rings (SSSR count). The smallest absolute Gasteiger partial charge is 0.261 e. The Kier molecular flexibility index (Phi) is 6.26. The van der Waals surface area contributed by atoms with Crippen LogP contribution in [0.5, 0.6) is 0 Å². The molecule has 1 amide bonds. The molecule has 0 radical (unpaired) electrons. The highest BCUT2D eigenvalue weighted by Crippen LogP contribution is 2.28. The number of morpholine rings is 1. The van der Waals surface area contributed by atoms with Crippen LogP contribution in [0.3, 0.4) is 0 Å². The van der Waals surface area contributed by atoms with Crippen molar-refractivity contribution in [3.8, 4) is 11.1 Å². The summed E-state index contributed by atoms with van der Waals surface area (Å²) in [7, 11) is 0. The Morgan fingerprint density at radius 2 is 1.96 bits per heavy atom. The van der Waals surface area contributed by atoms with Crippen molar-refractivity contribution < 1.29 is 14.6 Å². The maximum Gasteiger partial charge on any atom is 0.261 e. The number of ether oxygens (including phenoxy) is 1. The number of thiophene rings is 1. The van der Waals surface area contributed by atoms with E-state index in [4.69, 9.17) is 4.74 Å². The summed E-state index contributed by atoms with van der Waals surface area (Å²) in [5.74, 6) is -0.00724. The molecule has 0 spiro atoms. The van der Waals surface area contributed by atoms with Gasteiger partial charge in [0.15, 0.2) is 0 Å². The van der Waals surface area contributed by atoms with E-state index in [-0.39, 0.29) is 12.0 Å². The van der Waals surface area contributed by atoms with E-state index in [0.717, 1.165) is 67.5 Å². The monoisotopic (exact) mass is 401 g/mol. The molecule has 2 aromatic rings. The molecule has 28 heavy (non-hydrogen) atoms. The highest BCUT2D eigenvalue weighted by Gasteiger charge is 2.20. The maximum atomic E-state index is 12.4. The highest BCUT2D eigenvalue weighted by molar-refractivity contribution is 7.12. The molecule has 1 aromatic heterocycles. The van der Waals surface area contributed by atoms with Gasteiger partial charge in [-0.2, -0.15) is 0 Å². The second kappa shape index (κ2) is 9.05. The number of benzene rings is 1. The van der Waals surface area contributed by atoms with Crippen molar-refractivity contribution >= 4 is 22.9 Å². The van der Waals surface area contributed by atoms with Gasteiger partial charge in [0.1, 0.15) is 0 Å². The third-order valence-corrected chi connectivity index (χ3v) is 6.30. The molecule has 7 heteroatoms. The SMILES string of the molecule is O=C(NCCN1CCOCC1)c1cc(-c2ccc(N3CC[C@@H](O)C3)cc2)cs1. The lowest BCUT2D eigenvalue weighted by atomic mass is 10.1. The van der Waals surface area contributed by atoms with Crippen LogP contribution in [0.4, 0.5) is 5.69 Å². The Hall–Kier alpha value is -1.93. The Balaban J connectivity index is 1.31. The standard InChI is InChI=1S/C21H27N3O3S/c25-19-5-7-24(14-19)18-3-1-16(2-4-18)17-13-20(28-15-17)21(26)22-6-8-23-9-11-27-12-10-23/h1-4,13,15,19,25H,5-12,14H2,(H,22,26)/t19-/m1/s1. The zero-order chi connectivity index (χ0) is 19.3. The van der Waals surface area contributed by atoms with Crippen molar-refractivity contribution in [1.82, 2.24) is 10.2 Å². The Labute approximate surface area is 169 Å². The number of amides is 1. The molecule has 2 N–H and O–H groups in total. The summed E-state index contributed by atoms with van der Waals surface area (Å²) in [4.78, 5) is 17.7. The van der Waals surface area contributed by atoms with Gasteiger partial charge >= 0.3 is 0 Å². The molecule has 2 aliphatic rings. The van der Waals surface area contributed by atoms with E-state index in [1.807, 2.05) is 11.4 Å². The molecule has 2 saturated heterocycles. The highest BCUT2D eigenvalue weighted by atomic mass is 32.1. The minimum atomic E-state index is -0.221. The van der Waals surface area contributed by atoms with Gasteiger partial charge in [0, 0.05) is 45.0 Å². The van der Waals surface area contributed by atoms with Gasteiger partial charge in [-0.1, -0.05) is 12.1 Å². The van der Waals surface area contributed by atoms with Gasteiger partial charge in [0.05, 0.1) is 24.2 Å². The van der Waals surface area contributed by atoms with Crippen LogP contribution >= 0.6 is 11.3 Å². The van der Waals surface area contributed by atoms with E-state index in [2.05, 4.69) is 39.4 Å². The number of aliphatic hydroxyl groups is 1. The molecule has 3 heterocycles. The molecule has 0 saturated carbocycles. The number of hydrogen-bond donors (Lipinski definition) is 2. The zero-order valence-corrected chi connectivity index (χ0v) is 16.8. The van der Waals surface area contributed by atoms with Crippen molar-refractivity contribution in [1.29, 1.82) is 0 Å². The van der Waals surface area contributed by atoms with E-state index in [1.54, 1.807) is 0 Å². The van der Waals surface area contributed by atoms with Crippen LogP contribution < -0.4 is 10.2 Å². The molecule has 0 bridgehead atoms. The molecule has 2 fully saturated rings. The number of hydrogen-bond acceptors (Lipinski definition) is 6. The third-order valence-electron chi connectivity index (χ3n) is 5.37. The molecule has 6 nitrogen and oxygen atoms in total. The van der Waals surface area contributed by atoms with Gasteiger partial charge in [0.25, 0.3) is 5.91 Å². The predicted octanol–water partition coefficient (Wildman–Crippen LogP) is 2.05. The lowest BCUT2D eigenvalue weighted by Gasteiger charge is -2.26. The van der Waals surface area contributed by atoms with Gasteiger partial charge in [0.2, 0.25) is 0 Å². The number of anilines is 1. The van der Waals surface area contributed by atoms with Crippen molar-refractivity contribution in [2.45, 2.75) is 12.5 Å². The average molecular weight is 402 g/mol. The lowest BCUT2D eigenvalue weighted by Crippen LogP contribution is -2.41. The van der Waals surface area contributed by atoms with Crippen LogP contribution in [-0.2, 0) is 4.74 Å². The van der Waals surface area contributed by atoms with Crippen molar-refractivity contribution in [2.75, 3.05) is 57.4 Å². The first-order valence-electron chi connectivity index (χ1n) is 9.89. The van der Waals surface area contributed by atoms with Crippen molar-refractivity contribution in [2.24, 2.45) is 0 Å². The van der Waals surface area contributed by atoms with Gasteiger partial charge in [-0.05, 0) is 41.1 Å². The van der Waals surface area contributed by atoms with E-state index in [0.29, 0.717) is 13.1 Å². The molecule has 0 unspecified atom stereocenters. The van der Waals surface area contributed by atoms with Crippen LogP contribution in [-0.4, -0.2) is 74.5 Å². The summed E-state index contributed by atoms with van der Waals surface area (Å²) < 4.78 is 5.34. The number of β-amino-alcohol motifs (C(OH)–C–C–N with tert-alkyl or cyclic N) is 1. The summed E-state index contributed by atoms with van der Waals surface area (Å²) >= 11 is 1.48. The second-order valence-corrected chi connectivity index (χ2v) is 8.26. The molecule has 0 aliphatic carbocycles. The van der Waals surface area contributed by atoms with E-state index < -0.39 is 0 Å². The third kappa shape index (κ3) is 4.72. The quantitative estimate of drug-likeness (QED) is 0.776. The number of rotatable bonds is 6. The van der Waals surface area contributed by atoms with E-state index >= 15 is 0 Å². The molecular formula is C21H27N3O3S. The number of nitrogens with one attached hydrogen (secondary N) is 1. The normalized spacial score (nSPS) is 20.5. The topological polar surface area (TPSA) is 65.0 Å². The summed E-state index contributed by atoms with van der Waals surface area (Å²) in [6.45, 7) is 6.54. The van der Waals surface area contributed by atoms with Crippen LogP contribution in [0.15, 0.2) is 35.7 Å². The molecule has 1 atom stereocenters. The van der Waals surface area contributed by atoms with Gasteiger partial charge in [-0.25, -0.2) is 0 Å². The molecule has 1 aromatic carbocycles. The average Bonchev–Trinajstić information content (AvgIpc) is 3.38. The largest absolute Gasteiger partial charge is 0.391 e. The first-order valence-corrected chi connectivity index (χ1v) is 10.8. The summed E-state index contributed by atoms with van der Waals surface area (Å²) in [5, 5.41) is 14.8. The van der Waals surface area contributed by atoms with E-state index in [1.165, 1.54) is 11.3 Å². The number of carbonyl (C=O) groups is 1. The Morgan fingerprint density at radius 1 is 1.18 bits per heavy atom. The fraction of sp³-hybridized carbons (Fsp3) is 0.476. The summed E-state index contributed by atoms with van der Waals surface area (Å²) in [5.41, 5.74) is 3.31. The second-order valence-electron chi connectivity index (χ2n) is 7.34. The lowest BCUT2D eigenvalue weighted by molar-refractivity contribution is 0.0383. The first kappa shape index (κ1) is 19.4. The minimum Gasteiger partial charge on any atom is -0.391 e. The van der Waals surface area contributed by atoms with Gasteiger partial charge < -0.3 is 20.1 Å². The number of carbonyl (C=O) groups excluding carboxylic acids is 1. The van der Waals surface area contributed by atoms with E-state index in [9.17, 15) is 9.90 Å². The molecule has 150 valence electrons. The number of nitrogens with zero attached hydrogens (tertiary/aromatic N) is 2. The zero-order valence-electron chi connectivity index (χ0n) is 16.0. The fourth-order valence-electron chi connectivity index (χ4n) is 3.69. The van der Waals surface area contributed by atoms with Gasteiger partial charge in [-0.3, -0.25) is 9.69 Å². The van der Waals surface area contributed by atoms with Crippen molar-refractivity contribution in [3.63, 3.8) is 0 Å². The number of aliphatic hydroxyl groups excluding tert-OH is 1. The predicted molar refractivity (Wildman–Crippen MR) is 112 cm³/mol. The first-order chi connectivity index (χ1) is 13.7. The minimum absolute atomic E-state index is 0.00724. The Morgan fingerprint density at radius 3 is 2.68 bits per heavy atom. The Bertz CT molecular complexity index is 786. The van der Waals surface area contributed by atoms with Crippen LogP contribution in [0.25, 0.3) is 11.1 Å². The summed E-state index contributed by atoms with van der Waals surface area (Å²) in [6.07, 6.45) is 0.608. The van der Waals surface area contributed by atoms with Crippen LogP contribution in [0, 0.1) is 0 Å². The fourth-order valence-corrected chi connectivity index (χ4v) is 4.52. The maximum absolute atomic E-state index is 12.4. The van der Waals surface area contributed by atoms with Crippen molar-refractivity contribution in [3.05, 3.63) is 40.6 Å². The van der Waals surface area contributed by atoms with Crippen LogP contribution in [0.1, 0.15) is 16.1 Å².